The summed E-state index contributed by atoms with van der Waals surface area (Å²) in [5.74, 6) is -0.140. The second-order valence-corrected chi connectivity index (χ2v) is 7.35. The highest BCUT2D eigenvalue weighted by Crippen LogP contribution is 2.49. The fourth-order valence-electron chi connectivity index (χ4n) is 3.49. The Labute approximate surface area is 158 Å². The molecular formula is C20H22ClN3O2. The number of hydrogen-bond donors (Lipinski definition) is 1. The molecule has 2 heterocycles. The van der Waals surface area contributed by atoms with Gasteiger partial charge in [-0.05, 0) is 36.6 Å². The smallest absolute Gasteiger partial charge is 0.269 e. The van der Waals surface area contributed by atoms with E-state index in [1.807, 2.05) is 30.3 Å². The molecule has 1 aliphatic carbocycles. The topological polar surface area (TPSA) is 54.5 Å². The van der Waals surface area contributed by atoms with Crippen LogP contribution in [0.5, 0.6) is 0 Å². The Kier molecular flexibility index (Phi) is 4.83. The number of anilines is 1. The van der Waals surface area contributed by atoms with Crippen LogP contribution in [0.3, 0.4) is 0 Å². The number of amides is 1. The predicted octanol–water partition coefficient (Wildman–Crippen LogP) is 3.03. The first-order valence-electron chi connectivity index (χ1n) is 9.00. The maximum atomic E-state index is 12.6. The van der Waals surface area contributed by atoms with Crippen LogP contribution in [-0.2, 0) is 10.2 Å². The van der Waals surface area contributed by atoms with E-state index in [0.29, 0.717) is 25.5 Å². The normalized spacial score (nSPS) is 18.4. The minimum Gasteiger partial charge on any atom is -0.378 e. The first kappa shape index (κ1) is 17.3. The molecule has 1 saturated carbocycles. The molecule has 2 aromatic rings. The van der Waals surface area contributed by atoms with Crippen LogP contribution in [-0.4, -0.2) is 43.7 Å². The van der Waals surface area contributed by atoms with E-state index in [1.54, 1.807) is 6.20 Å². The molecule has 1 saturated heterocycles. The number of nitrogens with one attached hydrogen (secondary N) is 1. The summed E-state index contributed by atoms with van der Waals surface area (Å²) in [5, 5.41) is 3.82. The van der Waals surface area contributed by atoms with E-state index in [9.17, 15) is 4.79 Å². The Bertz CT molecular complexity index is 801. The zero-order valence-corrected chi connectivity index (χ0v) is 15.3. The average molecular weight is 372 g/mol. The third-order valence-corrected chi connectivity index (χ3v) is 5.57. The SMILES string of the molecule is O=C(NCC1(c2ccccc2Cl)CC1)c1cc(N2CCOCC2)ccn1. The molecule has 2 aliphatic rings. The zero-order valence-electron chi connectivity index (χ0n) is 14.6. The Morgan fingerprint density at radius 3 is 2.73 bits per heavy atom. The number of benzene rings is 1. The molecule has 1 aromatic carbocycles. The Hall–Kier alpha value is -2.11. The lowest BCUT2D eigenvalue weighted by atomic mass is 9.96. The number of nitrogens with zero attached hydrogens (tertiary/aromatic N) is 2. The molecule has 5 nitrogen and oxygen atoms in total. The van der Waals surface area contributed by atoms with Crippen molar-refractivity contribution in [3.05, 3.63) is 58.9 Å². The van der Waals surface area contributed by atoms with Gasteiger partial charge in [0.1, 0.15) is 5.69 Å². The summed E-state index contributed by atoms with van der Waals surface area (Å²) in [7, 11) is 0. The third kappa shape index (κ3) is 3.55. The van der Waals surface area contributed by atoms with E-state index in [4.69, 9.17) is 16.3 Å². The van der Waals surface area contributed by atoms with Crippen molar-refractivity contribution in [2.45, 2.75) is 18.3 Å². The number of carbonyl (C=O) groups excluding carboxylic acids is 1. The maximum absolute atomic E-state index is 12.6. The fourth-order valence-corrected chi connectivity index (χ4v) is 3.82. The number of carbonyl (C=O) groups is 1. The van der Waals surface area contributed by atoms with Crippen LogP contribution in [0.15, 0.2) is 42.6 Å². The van der Waals surface area contributed by atoms with Crippen molar-refractivity contribution in [2.24, 2.45) is 0 Å². The summed E-state index contributed by atoms with van der Waals surface area (Å²) in [6, 6.07) is 11.7. The Morgan fingerprint density at radius 2 is 2.00 bits per heavy atom. The van der Waals surface area contributed by atoms with Gasteiger partial charge in [-0.2, -0.15) is 0 Å². The third-order valence-electron chi connectivity index (χ3n) is 5.24. The lowest BCUT2D eigenvalue weighted by Crippen LogP contribution is -2.36. The van der Waals surface area contributed by atoms with Crippen LogP contribution in [0.1, 0.15) is 28.9 Å². The Balaban J connectivity index is 1.43. The number of hydrogen-bond acceptors (Lipinski definition) is 4. The molecule has 26 heavy (non-hydrogen) atoms. The molecular weight excluding hydrogens is 350 g/mol. The van der Waals surface area contributed by atoms with Crippen LogP contribution in [0, 0.1) is 0 Å². The van der Waals surface area contributed by atoms with E-state index < -0.39 is 0 Å². The van der Waals surface area contributed by atoms with E-state index in [-0.39, 0.29) is 11.3 Å². The summed E-state index contributed by atoms with van der Waals surface area (Å²) in [5.41, 5.74) is 2.55. The summed E-state index contributed by atoms with van der Waals surface area (Å²) >= 11 is 6.35. The van der Waals surface area contributed by atoms with Gasteiger partial charge in [0.25, 0.3) is 5.91 Å². The van der Waals surface area contributed by atoms with Gasteiger partial charge in [-0.25, -0.2) is 0 Å². The molecule has 0 bridgehead atoms. The molecule has 0 atom stereocenters. The zero-order chi connectivity index (χ0) is 18.0. The molecule has 136 valence electrons. The van der Waals surface area contributed by atoms with Crippen LogP contribution >= 0.6 is 11.6 Å². The number of halogens is 1. The van der Waals surface area contributed by atoms with Gasteiger partial charge in [0.05, 0.1) is 13.2 Å². The minimum atomic E-state index is -0.140. The van der Waals surface area contributed by atoms with Crippen LogP contribution in [0.4, 0.5) is 5.69 Å². The van der Waals surface area contributed by atoms with E-state index in [1.165, 1.54) is 0 Å². The molecule has 2 fully saturated rings. The van der Waals surface area contributed by atoms with Gasteiger partial charge in [-0.1, -0.05) is 29.8 Å². The predicted molar refractivity (Wildman–Crippen MR) is 102 cm³/mol. The van der Waals surface area contributed by atoms with Gasteiger partial charge >= 0.3 is 0 Å². The van der Waals surface area contributed by atoms with Gasteiger partial charge in [0.15, 0.2) is 0 Å². The van der Waals surface area contributed by atoms with Gasteiger partial charge in [0.2, 0.25) is 0 Å². The second kappa shape index (κ2) is 7.25. The average Bonchev–Trinajstić information content (AvgIpc) is 3.48. The summed E-state index contributed by atoms with van der Waals surface area (Å²) in [6.07, 6.45) is 3.77. The summed E-state index contributed by atoms with van der Waals surface area (Å²) in [6.45, 7) is 3.68. The van der Waals surface area contributed by atoms with E-state index >= 15 is 0 Å². The van der Waals surface area contributed by atoms with Crippen LogP contribution in [0.2, 0.25) is 5.02 Å². The van der Waals surface area contributed by atoms with Crippen LogP contribution < -0.4 is 10.2 Å². The standard InChI is InChI=1S/C20H22ClN3O2/c21-17-4-2-1-3-16(17)20(6-7-20)14-23-19(25)18-13-15(5-8-22-18)24-9-11-26-12-10-24/h1-5,8,13H,6-7,9-12,14H2,(H,23,25). The van der Waals surface area contributed by atoms with Crippen LogP contribution in [0.25, 0.3) is 0 Å². The number of ether oxygens (including phenoxy) is 1. The molecule has 6 heteroatoms. The van der Waals surface area contributed by atoms with Gasteiger partial charge in [-0.3, -0.25) is 9.78 Å². The van der Waals surface area contributed by atoms with Gasteiger partial charge < -0.3 is 15.0 Å². The van der Waals surface area contributed by atoms with Crippen molar-refractivity contribution < 1.29 is 9.53 Å². The molecule has 1 aliphatic heterocycles. The van der Waals surface area contributed by atoms with Gasteiger partial charge in [-0.15, -0.1) is 0 Å². The molecule has 4 rings (SSSR count). The number of pyridine rings is 1. The largest absolute Gasteiger partial charge is 0.378 e. The molecule has 0 radical (unpaired) electrons. The number of rotatable bonds is 5. The van der Waals surface area contributed by atoms with E-state index in [2.05, 4.69) is 21.3 Å². The Morgan fingerprint density at radius 1 is 1.23 bits per heavy atom. The summed E-state index contributed by atoms with van der Waals surface area (Å²) < 4.78 is 5.39. The van der Waals surface area contributed by atoms with Crippen molar-refractivity contribution in [3.8, 4) is 0 Å². The van der Waals surface area contributed by atoms with Gasteiger partial charge in [0, 0.05) is 42.0 Å². The fraction of sp³-hybridized carbons (Fsp3) is 0.400. The lowest BCUT2D eigenvalue weighted by Gasteiger charge is -2.28. The highest BCUT2D eigenvalue weighted by molar-refractivity contribution is 6.31. The maximum Gasteiger partial charge on any atom is 0.269 e. The molecule has 0 spiro atoms. The molecule has 0 unspecified atom stereocenters. The lowest BCUT2D eigenvalue weighted by molar-refractivity contribution is 0.0944. The quantitative estimate of drug-likeness (QED) is 0.877. The monoisotopic (exact) mass is 371 g/mol. The highest BCUT2D eigenvalue weighted by Gasteiger charge is 2.45. The van der Waals surface area contributed by atoms with Crippen molar-refractivity contribution in [1.82, 2.24) is 10.3 Å². The van der Waals surface area contributed by atoms with Crippen molar-refractivity contribution in [2.75, 3.05) is 37.7 Å². The first-order valence-corrected chi connectivity index (χ1v) is 9.38. The number of morpholine rings is 1. The molecule has 1 N–H and O–H groups in total. The van der Waals surface area contributed by atoms with Crippen molar-refractivity contribution >= 4 is 23.2 Å². The molecule has 1 aromatic heterocycles. The molecule has 1 amide bonds. The minimum absolute atomic E-state index is 0.0319. The van der Waals surface area contributed by atoms with Crippen molar-refractivity contribution in [3.63, 3.8) is 0 Å². The number of aromatic nitrogens is 1. The highest BCUT2D eigenvalue weighted by atomic mass is 35.5. The first-order chi connectivity index (χ1) is 12.7. The van der Waals surface area contributed by atoms with E-state index in [0.717, 1.165) is 42.2 Å². The second-order valence-electron chi connectivity index (χ2n) is 6.94. The van der Waals surface area contributed by atoms with Crippen molar-refractivity contribution in [1.29, 1.82) is 0 Å². The summed E-state index contributed by atoms with van der Waals surface area (Å²) in [4.78, 5) is 19.1.